The maximum Gasteiger partial charge on any atom is 0.133 e. The van der Waals surface area contributed by atoms with Crippen LogP contribution in [-0.2, 0) is 0 Å². The van der Waals surface area contributed by atoms with E-state index >= 15 is 0 Å². The minimum Gasteiger partial charge on any atom is -0.395 e. The maximum atomic E-state index is 8.88. The van der Waals surface area contributed by atoms with E-state index in [1.54, 1.807) is 6.33 Å². The molecule has 1 saturated carbocycles. The zero-order valence-corrected chi connectivity index (χ0v) is 10.3. The average Bonchev–Trinajstić information content (AvgIpc) is 2.28. The molecule has 1 aromatic heterocycles. The summed E-state index contributed by atoms with van der Waals surface area (Å²) >= 11 is 0. The quantitative estimate of drug-likeness (QED) is 0.775. The molecule has 94 valence electrons. The van der Waals surface area contributed by atoms with Crippen molar-refractivity contribution in [3.05, 3.63) is 12.4 Å². The number of nitrogens with one attached hydrogen (secondary N) is 1. The Bertz CT molecular complexity index is 354. The molecule has 0 atom stereocenters. The molecule has 0 aromatic carbocycles. The molecule has 0 saturated heterocycles. The number of aliphatic hydroxyl groups excluding tert-OH is 1. The van der Waals surface area contributed by atoms with Crippen molar-refractivity contribution in [1.29, 1.82) is 0 Å². The summed E-state index contributed by atoms with van der Waals surface area (Å²) in [6.07, 6.45) is 5.58. The lowest BCUT2D eigenvalue weighted by Gasteiger charge is -2.25. The molecule has 2 rings (SSSR count). The number of rotatable bonds is 6. The van der Waals surface area contributed by atoms with Crippen molar-refractivity contribution >= 4 is 11.6 Å². The lowest BCUT2D eigenvalue weighted by Crippen LogP contribution is -2.23. The molecule has 0 radical (unpaired) electrons. The van der Waals surface area contributed by atoms with Crippen LogP contribution in [0.15, 0.2) is 12.4 Å². The monoisotopic (exact) mass is 236 g/mol. The zero-order valence-electron chi connectivity index (χ0n) is 10.3. The Morgan fingerprint density at radius 2 is 2.29 bits per heavy atom. The van der Waals surface area contributed by atoms with Crippen molar-refractivity contribution in [2.24, 2.45) is 5.92 Å². The minimum absolute atomic E-state index is 0.130. The average molecular weight is 236 g/mol. The van der Waals surface area contributed by atoms with Gasteiger partial charge in [0.05, 0.1) is 6.61 Å². The van der Waals surface area contributed by atoms with Crippen molar-refractivity contribution in [3.8, 4) is 0 Å². The first-order valence-corrected chi connectivity index (χ1v) is 6.17. The molecule has 1 aromatic rings. The van der Waals surface area contributed by atoms with Crippen LogP contribution >= 0.6 is 0 Å². The van der Waals surface area contributed by atoms with Crippen LogP contribution in [-0.4, -0.2) is 41.8 Å². The van der Waals surface area contributed by atoms with Gasteiger partial charge in [-0.25, -0.2) is 9.97 Å². The third-order valence-corrected chi connectivity index (χ3v) is 3.28. The van der Waals surface area contributed by atoms with Crippen molar-refractivity contribution in [1.82, 2.24) is 9.97 Å². The van der Waals surface area contributed by atoms with E-state index in [1.165, 1.54) is 19.3 Å². The molecule has 1 heterocycles. The molecule has 0 bridgehead atoms. The predicted molar refractivity (Wildman–Crippen MR) is 68.2 cm³/mol. The van der Waals surface area contributed by atoms with Crippen LogP contribution in [0.3, 0.4) is 0 Å². The summed E-state index contributed by atoms with van der Waals surface area (Å²) in [6, 6.07) is 1.92. The Labute approximate surface area is 102 Å². The third kappa shape index (κ3) is 3.30. The molecule has 5 nitrogen and oxygen atoms in total. The highest BCUT2D eigenvalue weighted by Crippen LogP contribution is 2.26. The fourth-order valence-corrected chi connectivity index (χ4v) is 1.86. The van der Waals surface area contributed by atoms with E-state index in [0.717, 1.165) is 24.1 Å². The lowest BCUT2D eigenvalue weighted by molar-refractivity contribution is 0.304. The van der Waals surface area contributed by atoms with E-state index in [9.17, 15) is 0 Å². The largest absolute Gasteiger partial charge is 0.395 e. The van der Waals surface area contributed by atoms with Gasteiger partial charge in [0.25, 0.3) is 0 Å². The van der Waals surface area contributed by atoms with Crippen LogP contribution in [0.1, 0.15) is 19.3 Å². The second-order valence-corrected chi connectivity index (χ2v) is 4.58. The van der Waals surface area contributed by atoms with Gasteiger partial charge >= 0.3 is 0 Å². The summed E-state index contributed by atoms with van der Waals surface area (Å²) in [7, 11) is 1.91. The summed E-state index contributed by atoms with van der Waals surface area (Å²) < 4.78 is 0. The number of hydrogen-bond donors (Lipinski definition) is 2. The van der Waals surface area contributed by atoms with E-state index in [0.29, 0.717) is 6.54 Å². The van der Waals surface area contributed by atoms with Gasteiger partial charge in [-0.1, -0.05) is 6.42 Å². The first kappa shape index (κ1) is 12.1. The second kappa shape index (κ2) is 5.82. The summed E-state index contributed by atoms with van der Waals surface area (Å²) in [6.45, 7) is 1.71. The highest BCUT2D eigenvalue weighted by atomic mass is 16.3. The van der Waals surface area contributed by atoms with Gasteiger partial charge in [-0.15, -0.1) is 0 Å². The molecular weight excluding hydrogens is 216 g/mol. The number of aromatic nitrogens is 2. The van der Waals surface area contributed by atoms with Crippen LogP contribution in [0.5, 0.6) is 0 Å². The Hall–Kier alpha value is -1.36. The van der Waals surface area contributed by atoms with Crippen LogP contribution < -0.4 is 10.2 Å². The minimum atomic E-state index is 0.130. The Balaban J connectivity index is 1.90. The standard InChI is InChI=1S/C12H20N4O/c1-16(5-6-17)12-7-11(14-9-15-12)13-8-10-3-2-4-10/h7,9-10,17H,2-6,8H2,1H3,(H,13,14,15). The molecule has 1 fully saturated rings. The van der Waals surface area contributed by atoms with Crippen LogP contribution in [0.4, 0.5) is 11.6 Å². The fourth-order valence-electron chi connectivity index (χ4n) is 1.86. The third-order valence-electron chi connectivity index (χ3n) is 3.28. The molecule has 1 aliphatic carbocycles. The highest BCUT2D eigenvalue weighted by Gasteiger charge is 2.16. The van der Waals surface area contributed by atoms with Crippen LogP contribution in [0, 0.1) is 5.92 Å². The highest BCUT2D eigenvalue weighted by molar-refractivity contribution is 5.47. The fraction of sp³-hybridized carbons (Fsp3) is 0.667. The lowest BCUT2D eigenvalue weighted by atomic mass is 9.85. The number of likely N-dealkylation sites (N-methyl/N-ethyl adjacent to an activating group) is 1. The molecule has 0 unspecified atom stereocenters. The van der Waals surface area contributed by atoms with Gasteiger partial charge in [0.2, 0.25) is 0 Å². The van der Waals surface area contributed by atoms with E-state index < -0.39 is 0 Å². The summed E-state index contributed by atoms with van der Waals surface area (Å²) in [5.41, 5.74) is 0. The molecular formula is C12H20N4O. The number of hydrogen-bond acceptors (Lipinski definition) is 5. The number of anilines is 2. The van der Waals surface area contributed by atoms with Gasteiger partial charge in [-0.2, -0.15) is 0 Å². The molecule has 1 aliphatic rings. The van der Waals surface area contributed by atoms with Crippen molar-refractivity contribution in [2.75, 3.05) is 37.0 Å². The normalized spacial score (nSPS) is 15.4. The van der Waals surface area contributed by atoms with E-state index in [1.807, 2.05) is 18.0 Å². The van der Waals surface area contributed by atoms with Gasteiger partial charge in [-0.05, 0) is 18.8 Å². The second-order valence-electron chi connectivity index (χ2n) is 4.58. The van der Waals surface area contributed by atoms with E-state index in [-0.39, 0.29) is 6.61 Å². The van der Waals surface area contributed by atoms with Gasteiger partial charge in [-0.3, -0.25) is 0 Å². The molecule has 17 heavy (non-hydrogen) atoms. The molecule has 5 heteroatoms. The van der Waals surface area contributed by atoms with Gasteiger partial charge in [0, 0.05) is 26.2 Å². The summed E-state index contributed by atoms with van der Waals surface area (Å²) in [5, 5.41) is 12.2. The first-order chi connectivity index (χ1) is 8.29. The molecule has 2 N–H and O–H groups in total. The predicted octanol–water partition coefficient (Wildman–Crippen LogP) is 1.12. The first-order valence-electron chi connectivity index (χ1n) is 6.17. The van der Waals surface area contributed by atoms with Crippen molar-refractivity contribution in [3.63, 3.8) is 0 Å². The zero-order chi connectivity index (χ0) is 12.1. The van der Waals surface area contributed by atoms with Crippen LogP contribution in [0.2, 0.25) is 0 Å². The number of aliphatic hydroxyl groups is 1. The molecule has 0 spiro atoms. The SMILES string of the molecule is CN(CCO)c1cc(NCC2CCC2)ncn1. The summed E-state index contributed by atoms with van der Waals surface area (Å²) in [4.78, 5) is 10.3. The summed E-state index contributed by atoms with van der Waals surface area (Å²) in [5.74, 6) is 2.51. The Kier molecular flexibility index (Phi) is 4.14. The van der Waals surface area contributed by atoms with Crippen LogP contribution in [0.25, 0.3) is 0 Å². The van der Waals surface area contributed by atoms with Gasteiger partial charge < -0.3 is 15.3 Å². The number of nitrogens with zero attached hydrogens (tertiary/aromatic N) is 3. The van der Waals surface area contributed by atoms with Gasteiger partial charge in [0.15, 0.2) is 0 Å². The smallest absolute Gasteiger partial charge is 0.133 e. The molecule has 0 amide bonds. The van der Waals surface area contributed by atoms with E-state index in [2.05, 4.69) is 15.3 Å². The Morgan fingerprint density at radius 3 is 2.94 bits per heavy atom. The van der Waals surface area contributed by atoms with E-state index in [4.69, 9.17) is 5.11 Å². The molecule has 0 aliphatic heterocycles. The van der Waals surface area contributed by atoms with Gasteiger partial charge in [0.1, 0.15) is 18.0 Å². The van der Waals surface area contributed by atoms with Crippen molar-refractivity contribution < 1.29 is 5.11 Å². The topological polar surface area (TPSA) is 61.3 Å². The Morgan fingerprint density at radius 1 is 1.47 bits per heavy atom. The van der Waals surface area contributed by atoms with Crippen molar-refractivity contribution in [2.45, 2.75) is 19.3 Å². The maximum absolute atomic E-state index is 8.88.